The highest BCUT2D eigenvalue weighted by molar-refractivity contribution is 5.94. The molecule has 104 valence electrons. The van der Waals surface area contributed by atoms with E-state index < -0.39 is 5.97 Å². The lowest BCUT2D eigenvalue weighted by atomic mass is 9.96. The molecule has 2 bridgehead atoms. The van der Waals surface area contributed by atoms with Gasteiger partial charge in [0, 0.05) is 13.0 Å². The van der Waals surface area contributed by atoms with Crippen molar-refractivity contribution in [2.75, 3.05) is 13.2 Å². The molecule has 0 aromatic heterocycles. The van der Waals surface area contributed by atoms with Crippen molar-refractivity contribution in [2.24, 2.45) is 0 Å². The van der Waals surface area contributed by atoms with Gasteiger partial charge in [-0.25, -0.2) is 4.79 Å². The molecule has 0 aromatic carbocycles. The maximum atomic E-state index is 11.8. The van der Waals surface area contributed by atoms with E-state index >= 15 is 0 Å². The number of hydrogen-bond donors (Lipinski definition) is 0. The van der Waals surface area contributed by atoms with Gasteiger partial charge < -0.3 is 14.2 Å². The first-order chi connectivity index (χ1) is 9.21. The summed E-state index contributed by atoms with van der Waals surface area (Å²) in [5.41, 5.74) is 0.838. The first kappa shape index (κ1) is 14.0. The fraction of sp³-hybridized carbons (Fsp3) is 0.714. The molecule has 0 radical (unpaired) electrons. The number of esters is 1. The fourth-order valence-electron chi connectivity index (χ4n) is 2.77. The van der Waals surface area contributed by atoms with Crippen LogP contribution >= 0.6 is 0 Å². The second-order valence-corrected chi connectivity index (χ2v) is 4.68. The Morgan fingerprint density at radius 1 is 1.47 bits per heavy atom. The Morgan fingerprint density at radius 2 is 2.26 bits per heavy atom. The Balaban J connectivity index is 2.26. The van der Waals surface area contributed by atoms with Crippen LogP contribution in [0.25, 0.3) is 0 Å². The van der Waals surface area contributed by atoms with Crippen LogP contribution in [0, 0.1) is 11.3 Å². The highest BCUT2D eigenvalue weighted by Crippen LogP contribution is 2.39. The van der Waals surface area contributed by atoms with Crippen molar-refractivity contribution in [3.63, 3.8) is 0 Å². The number of ether oxygens (including phenoxy) is 3. The first-order valence-electron chi connectivity index (χ1n) is 6.78. The monoisotopic (exact) mass is 265 g/mol. The van der Waals surface area contributed by atoms with Crippen molar-refractivity contribution < 1.29 is 19.0 Å². The number of carbonyl (C=O) groups is 1. The zero-order valence-corrected chi connectivity index (χ0v) is 11.3. The predicted octanol–water partition coefficient (Wildman–Crippen LogP) is 1.73. The summed E-state index contributed by atoms with van der Waals surface area (Å²) in [6.45, 7) is 4.53. The van der Waals surface area contributed by atoms with E-state index in [1.807, 2.05) is 13.0 Å². The molecule has 5 heteroatoms. The van der Waals surface area contributed by atoms with E-state index in [9.17, 15) is 10.1 Å². The second kappa shape index (κ2) is 6.18. The van der Waals surface area contributed by atoms with Crippen molar-refractivity contribution >= 4 is 5.97 Å². The molecule has 2 fully saturated rings. The predicted molar refractivity (Wildman–Crippen MR) is 67.2 cm³/mol. The summed E-state index contributed by atoms with van der Waals surface area (Å²) in [4.78, 5) is 11.8. The van der Waals surface area contributed by atoms with E-state index in [1.165, 1.54) is 0 Å². The summed E-state index contributed by atoms with van der Waals surface area (Å²) in [5, 5.41) is 9.21. The van der Waals surface area contributed by atoms with Crippen LogP contribution in [-0.4, -0.2) is 37.5 Å². The van der Waals surface area contributed by atoms with Crippen LogP contribution in [0.15, 0.2) is 11.1 Å². The summed E-state index contributed by atoms with van der Waals surface area (Å²) in [6.07, 6.45) is 2.25. The lowest BCUT2D eigenvalue weighted by Crippen LogP contribution is -2.30. The van der Waals surface area contributed by atoms with Crippen LogP contribution < -0.4 is 0 Å². The molecule has 0 saturated carbocycles. The molecule has 2 aliphatic rings. The highest BCUT2D eigenvalue weighted by Gasteiger charge is 2.43. The Hall–Kier alpha value is -1.38. The van der Waals surface area contributed by atoms with E-state index in [-0.39, 0.29) is 30.5 Å². The molecule has 0 spiro atoms. The number of fused-ring (bicyclic) bond motifs is 2. The quantitative estimate of drug-likeness (QED) is 0.440. The van der Waals surface area contributed by atoms with Gasteiger partial charge >= 0.3 is 5.97 Å². The topological polar surface area (TPSA) is 68.6 Å². The summed E-state index contributed by atoms with van der Waals surface area (Å²) < 4.78 is 16.4. The van der Waals surface area contributed by atoms with Crippen molar-refractivity contribution in [3.8, 4) is 6.07 Å². The Morgan fingerprint density at radius 3 is 2.89 bits per heavy atom. The maximum absolute atomic E-state index is 11.8. The molecule has 2 rings (SSSR count). The third kappa shape index (κ3) is 2.80. The van der Waals surface area contributed by atoms with Crippen molar-refractivity contribution in [2.45, 2.75) is 51.4 Å². The average Bonchev–Trinajstić information content (AvgIpc) is 2.71. The van der Waals surface area contributed by atoms with Gasteiger partial charge in [0.15, 0.2) is 0 Å². The molecule has 3 atom stereocenters. The minimum atomic E-state index is -0.552. The number of nitrogens with zero attached hydrogens (tertiary/aromatic N) is 1. The maximum Gasteiger partial charge on any atom is 0.348 e. The third-order valence-electron chi connectivity index (χ3n) is 3.54. The SMILES string of the molecule is CCOC(=O)/C(C#N)=C1\CC[C@H]2C[C@H](OCC)[C@@H]1O2. The van der Waals surface area contributed by atoms with Crippen LogP contribution in [0.4, 0.5) is 0 Å². The summed E-state index contributed by atoms with van der Waals surface area (Å²) in [7, 11) is 0. The number of carbonyl (C=O) groups excluding carboxylic acids is 1. The van der Waals surface area contributed by atoms with Crippen LogP contribution in [0.5, 0.6) is 0 Å². The zero-order chi connectivity index (χ0) is 13.8. The Kier molecular flexibility index (Phi) is 4.56. The number of nitriles is 1. The smallest absolute Gasteiger partial charge is 0.348 e. The number of hydrogen-bond acceptors (Lipinski definition) is 5. The van der Waals surface area contributed by atoms with E-state index in [0.29, 0.717) is 13.0 Å². The second-order valence-electron chi connectivity index (χ2n) is 4.68. The summed E-state index contributed by atoms with van der Waals surface area (Å²) in [5.74, 6) is -0.552. The van der Waals surface area contributed by atoms with Crippen molar-refractivity contribution in [3.05, 3.63) is 11.1 Å². The molecular formula is C14H19NO4. The molecule has 5 nitrogen and oxygen atoms in total. The van der Waals surface area contributed by atoms with Gasteiger partial charge in [0.05, 0.1) is 18.8 Å². The van der Waals surface area contributed by atoms with E-state index in [4.69, 9.17) is 14.2 Å². The van der Waals surface area contributed by atoms with Crippen LogP contribution in [0.1, 0.15) is 33.1 Å². The van der Waals surface area contributed by atoms with Gasteiger partial charge in [-0.15, -0.1) is 0 Å². The standard InChI is InChI=1S/C14H19NO4/c1-3-17-12-7-9-5-6-10(13(12)19-9)11(8-15)14(16)18-4-2/h9,12-13H,3-7H2,1-2H3/b11-10+/t9-,12-,13+/m0/s1. The normalized spacial score (nSPS) is 31.7. The van der Waals surface area contributed by atoms with Gasteiger partial charge in [0.1, 0.15) is 17.7 Å². The molecule has 0 aliphatic carbocycles. The molecule has 2 saturated heterocycles. The molecule has 0 unspecified atom stereocenters. The van der Waals surface area contributed by atoms with Crippen LogP contribution in [-0.2, 0) is 19.0 Å². The zero-order valence-electron chi connectivity index (χ0n) is 11.3. The van der Waals surface area contributed by atoms with Crippen molar-refractivity contribution in [1.82, 2.24) is 0 Å². The Labute approximate surface area is 113 Å². The Bertz CT molecular complexity index is 424. The van der Waals surface area contributed by atoms with Gasteiger partial charge in [-0.3, -0.25) is 0 Å². The molecular weight excluding hydrogens is 246 g/mol. The lowest BCUT2D eigenvalue weighted by molar-refractivity contribution is -0.138. The lowest BCUT2D eigenvalue weighted by Gasteiger charge is -2.26. The third-order valence-corrected chi connectivity index (χ3v) is 3.54. The van der Waals surface area contributed by atoms with Gasteiger partial charge in [-0.1, -0.05) is 0 Å². The van der Waals surface area contributed by atoms with E-state index in [2.05, 4.69) is 0 Å². The molecule has 2 aliphatic heterocycles. The van der Waals surface area contributed by atoms with E-state index in [1.54, 1.807) is 6.92 Å². The van der Waals surface area contributed by atoms with Crippen LogP contribution in [0.2, 0.25) is 0 Å². The fourth-order valence-corrected chi connectivity index (χ4v) is 2.77. The van der Waals surface area contributed by atoms with Crippen molar-refractivity contribution in [1.29, 1.82) is 5.26 Å². The number of rotatable bonds is 4. The minimum Gasteiger partial charge on any atom is -0.462 e. The molecule has 2 heterocycles. The molecule has 0 aromatic rings. The largest absolute Gasteiger partial charge is 0.462 e. The van der Waals surface area contributed by atoms with Gasteiger partial charge in [0.25, 0.3) is 0 Å². The van der Waals surface area contributed by atoms with Gasteiger partial charge in [0.2, 0.25) is 0 Å². The van der Waals surface area contributed by atoms with Crippen LogP contribution in [0.3, 0.4) is 0 Å². The van der Waals surface area contributed by atoms with E-state index in [0.717, 1.165) is 18.4 Å². The minimum absolute atomic E-state index is 0.0507. The summed E-state index contributed by atoms with van der Waals surface area (Å²) in [6, 6.07) is 1.97. The first-order valence-corrected chi connectivity index (χ1v) is 6.78. The molecule has 0 amide bonds. The average molecular weight is 265 g/mol. The highest BCUT2D eigenvalue weighted by atomic mass is 16.6. The summed E-state index contributed by atoms with van der Waals surface area (Å²) >= 11 is 0. The molecule has 19 heavy (non-hydrogen) atoms. The molecule has 0 N–H and O–H groups in total. The van der Waals surface area contributed by atoms with Gasteiger partial charge in [-0.05, 0) is 32.3 Å². The van der Waals surface area contributed by atoms with Gasteiger partial charge in [-0.2, -0.15) is 5.26 Å².